The van der Waals surface area contributed by atoms with Gasteiger partial charge in [0, 0.05) is 22.6 Å². The van der Waals surface area contributed by atoms with E-state index in [2.05, 4.69) is 5.32 Å². The number of benzene rings is 2. The van der Waals surface area contributed by atoms with Crippen molar-refractivity contribution < 1.29 is 18.7 Å². The third-order valence-electron chi connectivity index (χ3n) is 4.91. The Morgan fingerprint density at radius 2 is 1.97 bits per heavy atom. The molecule has 0 aliphatic heterocycles. The van der Waals surface area contributed by atoms with E-state index in [0.29, 0.717) is 18.0 Å². The fourth-order valence-corrected chi connectivity index (χ4v) is 3.42. The van der Waals surface area contributed by atoms with Gasteiger partial charge in [0.2, 0.25) is 5.91 Å². The highest BCUT2D eigenvalue weighted by molar-refractivity contribution is 6.05. The van der Waals surface area contributed by atoms with Gasteiger partial charge < -0.3 is 19.2 Å². The first-order valence-electron chi connectivity index (χ1n) is 9.64. The summed E-state index contributed by atoms with van der Waals surface area (Å²) in [6.45, 7) is 10.3. The van der Waals surface area contributed by atoms with Gasteiger partial charge in [0.25, 0.3) is 0 Å². The Kier molecular flexibility index (Phi) is 5.97. The van der Waals surface area contributed by atoms with E-state index in [9.17, 15) is 4.79 Å². The maximum atomic E-state index is 12.7. The summed E-state index contributed by atoms with van der Waals surface area (Å²) in [6, 6.07) is 7.69. The molecule has 0 radical (unpaired) electrons. The normalized spacial score (nSPS) is 11.6. The quantitative estimate of drug-likeness (QED) is 0.537. The third kappa shape index (κ3) is 4.14. The van der Waals surface area contributed by atoms with Crippen LogP contribution >= 0.6 is 0 Å². The summed E-state index contributed by atoms with van der Waals surface area (Å²) in [6.07, 6.45) is 3.33. The van der Waals surface area contributed by atoms with E-state index in [-0.39, 0.29) is 5.91 Å². The van der Waals surface area contributed by atoms with Crippen molar-refractivity contribution in [1.82, 2.24) is 0 Å². The second-order valence-corrected chi connectivity index (χ2v) is 7.13. The number of aryl methyl sites for hydroxylation is 3. The Morgan fingerprint density at radius 1 is 1.21 bits per heavy atom. The number of carbonyl (C=O) groups excluding carboxylic acids is 1. The lowest BCUT2D eigenvalue weighted by Gasteiger charge is -2.15. The molecule has 5 nitrogen and oxygen atoms in total. The number of methoxy groups -OCH3 is 1. The summed E-state index contributed by atoms with van der Waals surface area (Å²) in [5.74, 6) is 1.14. The molecule has 0 aliphatic rings. The van der Waals surface area contributed by atoms with Gasteiger partial charge in [0.15, 0.2) is 0 Å². The maximum Gasteiger partial charge on any atom is 0.248 e. The van der Waals surface area contributed by atoms with E-state index in [0.717, 1.165) is 44.5 Å². The number of ether oxygens (including phenoxy) is 2. The van der Waals surface area contributed by atoms with Crippen LogP contribution < -0.4 is 14.8 Å². The van der Waals surface area contributed by atoms with Crippen LogP contribution in [-0.4, -0.2) is 19.6 Å². The number of nitrogens with one attached hydrogen (secondary N) is 1. The molecule has 1 aromatic heterocycles. The van der Waals surface area contributed by atoms with Crippen LogP contribution in [0.1, 0.15) is 36.1 Å². The van der Waals surface area contributed by atoms with Crippen LogP contribution in [0.2, 0.25) is 0 Å². The van der Waals surface area contributed by atoms with Gasteiger partial charge in [-0.3, -0.25) is 4.79 Å². The van der Waals surface area contributed by atoms with Gasteiger partial charge in [-0.2, -0.15) is 0 Å². The standard InChI is InChI=1S/C24H27NO4/c1-7-28-23-17(5)24-19(16(4)13-29-24)12-18(23)15(3)11-22(26)25-20-10-14(2)8-9-21(20)27-6/h8-13H,7H2,1-6H3,(H,25,26)/b15-11+. The average molecular weight is 393 g/mol. The number of amides is 1. The van der Waals surface area contributed by atoms with Crippen LogP contribution in [-0.2, 0) is 4.79 Å². The van der Waals surface area contributed by atoms with Gasteiger partial charge in [-0.25, -0.2) is 0 Å². The van der Waals surface area contributed by atoms with Crippen LogP contribution in [0.5, 0.6) is 11.5 Å². The van der Waals surface area contributed by atoms with E-state index in [1.165, 1.54) is 0 Å². The van der Waals surface area contributed by atoms with E-state index >= 15 is 0 Å². The Morgan fingerprint density at radius 3 is 2.66 bits per heavy atom. The number of rotatable bonds is 6. The fraction of sp³-hybridized carbons (Fsp3) is 0.292. The second kappa shape index (κ2) is 8.43. The van der Waals surface area contributed by atoms with Gasteiger partial charge in [0.1, 0.15) is 17.1 Å². The molecule has 29 heavy (non-hydrogen) atoms. The Bertz CT molecular complexity index is 1090. The smallest absolute Gasteiger partial charge is 0.248 e. The maximum absolute atomic E-state index is 12.7. The van der Waals surface area contributed by atoms with Crippen molar-refractivity contribution in [2.75, 3.05) is 19.0 Å². The van der Waals surface area contributed by atoms with Crippen LogP contribution in [0, 0.1) is 20.8 Å². The molecule has 0 saturated carbocycles. The highest BCUT2D eigenvalue weighted by atomic mass is 16.5. The lowest BCUT2D eigenvalue weighted by Crippen LogP contribution is -2.10. The molecule has 2 aromatic carbocycles. The molecule has 3 rings (SSSR count). The molecule has 0 spiro atoms. The zero-order chi connectivity index (χ0) is 21.1. The van der Waals surface area contributed by atoms with Crippen molar-refractivity contribution >= 4 is 28.1 Å². The van der Waals surface area contributed by atoms with E-state index in [4.69, 9.17) is 13.9 Å². The van der Waals surface area contributed by atoms with Crippen molar-refractivity contribution in [3.63, 3.8) is 0 Å². The first-order chi connectivity index (χ1) is 13.8. The predicted molar refractivity (Wildman–Crippen MR) is 117 cm³/mol. The third-order valence-corrected chi connectivity index (χ3v) is 4.91. The highest BCUT2D eigenvalue weighted by Gasteiger charge is 2.17. The van der Waals surface area contributed by atoms with Crippen LogP contribution in [0.3, 0.4) is 0 Å². The molecule has 5 heteroatoms. The average Bonchev–Trinajstić information content (AvgIpc) is 3.05. The largest absolute Gasteiger partial charge is 0.495 e. The van der Waals surface area contributed by atoms with E-state index < -0.39 is 0 Å². The molecule has 3 aromatic rings. The zero-order valence-corrected chi connectivity index (χ0v) is 17.8. The number of carbonyl (C=O) groups is 1. The molecule has 1 amide bonds. The molecule has 0 unspecified atom stereocenters. The summed E-state index contributed by atoms with van der Waals surface area (Å²) >= 11 is 0. The van der Waals surface area contributed by atoms with E-state index in [1.54, 1.807) is 19.4 Å². The fourth-order valence-electron chi connectivity index (χ4n) is 3.42. The summed E-state index contributed by atoms with van der Waals surface area (Å²) in [7, 11) is 1.58. The van der Waals surface area contributed by atoms with Crippen LogP contribution in [0.25, 0.3) is 16.5 Å². The molecular formula is C24H27NO4. The summed E-state index contributed by atoms with van der Waals surface area (Å²) in [5.41, 5.74) is 6.17. The lowest BCUT2D eigenvalue weighted by molar-refractivity contribution is -0.111. The van der Waals surface area contributed by atoms with Crippen molar-refractivity contribution in [1.29, 1.82) is 0 Å². The summed E-state index contributed by atoms with van der Waals surface area (Å²) in [5, 5.41) is 3.94. The van der Waals surface area contributed by atoms with Gasteiger partial charge in [-0.05, 0) is 69.5 Å². The SMILES string of the molecule is CCOc1c(/C(C)=C/C(=O)Nc2cc(C)ccc2OC)cc2c(C)coc2c1C. The zero-order valence-electron chi connectivity index (χ0n) is 17.8. The van der Waals surface area contributed by atoms with Gasteiger partial charge >= 0.3 is 0 Å². The van der Waals surface area contributed by atoms with Crippen molar-refractivity contribution in [2.45, 2.75) is 34.6 Å². The molecular weight excluding hydrogens is 366 g/mol. The topological polar surface area (TPSA) is 60.7 Å². The second-order valence-electron chi connectivity index (χ2n) is 7.13. The number of hydrogen-bond acceptors (Lipinski definition) is 4. The van der Waals surface area contributed by atoms with E-state index in [1.807, 2.05) is 58.9 Å². The molecule has 0 aliphatic carbocycles. The molecule has 152 valence electrons. The number of anilines is 1. The predicted octanol–water partition coefficient (Wildman–Crippen LogP) is 5.81. The Labute approximate surface area is 171 Å². The molecule has 0 saturated heterocycles. The summed E-state index contributed by atoms with van der Waals surface area (Å²) in [4.78, 5) is 12.7. The highest BCUT2D eigenvalue weighted by Crippen LogP contribution is 2.37. The Hall–Kier alpha value is -3.21. The van der Waals surface area contributed by atoms with Gasteiger partial charge in [-0.1, -0.05) is 6.07 Å². The lowest BCUT2D eigenvalue weighted by atomic mass is 9.98. The minimum Gasteiger partial charge on any atom is -0.495 e. The minimum atomic E-state index is -0.226. The number of fused-ring (bicyclic) bond motifs is 1. The molecule has 1 heterocycles. The monoisotopic (exact) mass is 393 g/mol. The number of furan rings is 1. The van der Waals surface area contributed by atoms with Gasteiger partial charge in [-0.15, -0.1) is 0 Å². The number of allylic oxidation sites excluding steroid dienone is 1. The first kappa shape index (κ1) is 20.5. The molecule has 1 N–H and O–H groups in total. The minimum absolute atomic E-state index is 0.226. The van der Waals surface area contributed by atoms with Crippen molar-refractivity contribution in [3.05, 3.63) is 58.9 Å². The van der Waals surface area contributed by atoms with Gasteiger partial charge in [0.05, 0.1) is 25.7 Å². The number of hydrogen-bond donors (Lipinski definition) is 1. The Balaban J connectivity index is 1.99. The first-order valence-corrected chi connectivity index (χ1v) is 9.64. The van der Waals surface area contributed by atoms with Crippen molar-refractivity contribution in [3.8, 4) is 11.5 Å². The van der Waals surface area contributed by atoms with Crippen molar-refractivity contribution in [2.24, 2.45) is 0 Å². The molecule has 0 fully saturated rings. The molecule has 0 atom stereocenters. The molecule has 0 bridgehead atoms. The van der Waals surface area contributed by atoms with Crippen LogP contribution in [0.15, 0.2) is 41.0 Å². The van der Waals surface area contributed by atoms with Crippen LogP contribution in [0.4, 0.5) is 5.69 Å². The summed E-state index contributed by atoms with van der Waals surface area (Å²) < 4.78 is 17.0.